The number of hydrogen-bond donors (Lipinski definition) is 1. The number of likely N-dealkylation sites (N-methyl/N-ethyl adjacent to an activating group) is 1. The SMILES string of the molecule is CCN(CC)CC(C)Nc1ccnc(C(=O)N(C)C)c1. The molecule has 1 unspecified atom stereocenters. The minimum atomic E-state index is -0.0787. The van der Waals surface area contributed by atoms with Gasteiger partial charge in [0, 0.05) is 38.6 Å². The molecule has 112 valence electrons. The number of anilines is 1. The summed E-state index contributed by atoms with van der Waals surface area (Å²) in [5, 5.41) is 3.42. The molecule has 1 amide bonds. The largest absolute Gasteiger partial charge is 0.381 e. The van der Waals surface area contributed by atoms with Crippen molar-refractivity contribution in [1.29, 1.82) is 0 Å². The van der Waals surface area contributed by atoms with Gasteiger partial charge in [-0.3, -0.25) is 9.78 Å². The van der Waals surface area contributed by atoms with E-state index in [0.717, 1.165) is 25.3 Å². The number of hydrogen-bond acceptors (Lipinski definition) is 4. The van der Waals surface area contributed by atoms with E-state index >= 15 is 0 Å². The Morgan fingerprint density at radius 3 is 2.55 bits per heavy atom. The fourth-order valence-corrected chi connectivity index (χ4v) is 2.07. The van der Waals surface area contributed by atoms with Gasteiger partial charge in [-0.2, -0.15) is 0 Å². The molecule has 1 N–H and O–H groups in total. The second-order valence-electron chi connectivity index (χ2n) is 5.16. The second-order valence-corrected chi connectivity index (χ2v) is 5.16. The van der Waals surface area contributed by atoms with Crippen LogP contribution in [0.3, 0.4) is 0 Å². The first-order valence-corrected chi connectivity index (χ1v) is 7.14. The summed E-state index contributed by atoms with van der Waals surface area (Å²) in [6, 6.07) is 4.02. The smallest absolute Gasteiger partial charge is 0.272 e. The maximum atomic E-state index is 11.9. The lowest BCUT2D eigenvalue weighted by Crippen LogP contribution is -2.34. The highest BCUT2D eigenvalue weighted by Gasteiger charge is 2.11. The van der Waals surface area contributed by atoms with Crippen LogP contribution in [-0.2, 0) is 0 Å². The lowest BCUT2D eigenvalue weighted by Gasteiger charge is -2.24. The number of carbonyl (C=O) groups excluding carboxylic acids is 1. The van der Waals surface area contributed by atoms with Crippen molar-refractivity contribution < 1.29 is 4.79 Å². The number of nitrogens with zero attached hydrogens (tertiary/aromatic N) is 3. The minimum Gasteiger partial charge on any atom is -0.381 e. The third-order valence-electron chi connectivity index (χ3n) is 3.22. The molecule has 1 atom stereocenters. The topological polar surface area (TPSA) is 48.5 Å². The summed E-state index contributed by atoms with van der Waals surface area (Å²) in [5.74, 6) is -0.0787. The molecule has 1 rings (SSSR count). The van der Waals surface area contributed by atoms with Crippen molar-refractivity contribution >= 4 is 11.6 Å². The van der Waals surface area contributed by atoms with Crippen molar-refractivity contribution in [1.82, 2.24) is 14.8 Å². The first-order valence-electron chi connectivity index (χ1n) is 7.14. The minimum absolute atomic E-state index is 0.0787. The van der Waals surface area contributed by atoms with E-state index in [1.54, 1.807) is 26.4 Å². The molecule has 1 heterocycles. The average molecular weight is 278 g/mol. The number of rotatable bonds is 7. The Labute approximate surface area is 122 Å². The van der Waals surface area contributed by atoms with Crippen molar-refractivity contribution in [2.75, 3.05) is 39.0 Å². The van der Waals surface area contributed by atoms with Gasteiger partial charge in [0.25, 0.3) is 5.91 Å². The number of aromatic nitrogens is 1. The van der Waals surface area contributed by atoms with Crippen molar-refractivity contribution in [2.45, 2.75) is 26.8 Å². The summed E-state index contributed by atoms with van der Waals surface area (Å²) in [6.45, 7) is 9.54. The van der Waals surface area contributed by atoms with Gasteiger partial charge < -0.3 is 15.1 Å². The van der Waals surface area contributed by atoms with Crippen LogP contribution in [-0.4, -0.2) is 60.5 Å². The normalized spacial score (nSPS) is 12.3. The Hall–Kier alpha value is -1.62. The predicted octanol–water partition coefficient (Wildman–Crippen LogP) is 1.93. The van der Waals surface area contributed by atoms with E-state index in [-0.39, 0.29) is 5.91 Å². The highest BCUT2D eigenvalue weighted by atomic mass is 16.2. The lowest BCUT2D eigenvalue weighted by atomic mass is 10.2. The van der Waals surface area contributed by atoms with Crippen molar-refractivity contribution in [3.63, 3.8) is 0 Å². The molecule has 0 aromatic carbocycles. The molecule has 0 aliphatic heterocycles. The van der Waals surface area contributed by atoms with Gasteiger partial charge in [0.15, 0.2) is 0 Å². The van der Waals surface area contributed by atoms with Crippen LogP contribution in [0.2, 0.25) is 0 Å². The molecular weight excluding hydrogens is 252 g/mol. The Balaban J connectivity index is 2.68. The summed E-state index contributed by atoms with van der Waals surface area (Å²) < 4.78 is 0. The molecule has 20 heavy (non-hydrogen) atoms. The van der Waals surface area contributed by atoms with Crippen molar-refractivity contribution in [2.24, 2.45) is 0 Å². The monoisotopic (exact) mass is 278 g/mol. The van der Waals surface area contributed by atoms with Gasteiger partial charge in [0.05, 0.1) is 0 Å². The molecule has 0 aliphatic rings. The molecule has 0 bridgehead atoms. The Morgan fingerprint density at radius 2 is 2.00 bits per heavy atom. The van der Waals surface area contributed by atoms with Crippen LogP contribution in [0.5, 0.6) is 0 Å². The van der Waals surface area contributed by atoms with Crippen LogP contribution in [0.4, 0.5) is 5.69 Å². The van der Waals surface area contributed by atoms with Gasteiger partial charge in [0.2, 0.25) is 0 Å². The number of amides is 1. The van der Waals surface area contributed by atoms with Crippen LogP contribution in [0.25, 0.3) is 0 Å². The predicted molar refractivity (Wildman–Crippen MR) is 83.1 cm³/mol. The molecule has 0 aliphatic carbocycles. The number of carbonyl (C=O) groups is 1. The quantitative estimate of drug-likeness (QED) is 0.828. The van der Waals surface area contributed by atoms with E-state index in [1.165, 1.54) is 4.90 Å². The van der Waals surface area contributed by atoms with Crippen LogP contribution in [0.1, 0.15) is 31.3 Å². The van der Waals surface area contributed by atoms with Crippen LogP contribution < -0.4 is 5.32 Å². The molecule has 0 saturated carbocycles. The van der Waals surface area contributed by atoms with Crippen LogP contribution in [0, 0.1) is 0 Å². The lowest BCUT2D eigenvalue weighted by molar-refractivity contribution is 0.0822. The molecule has 5 nitrogen and oxygen atoms in total. The maximum Gasteiger partial charge on any atom is 0.272 e. The zero-order valence-corrected chi connectivity index (χ0v) is 13.2. The Bertz CT molecular complexity index is 430. The average Bonchev–Trinajstić information content (AvgIpc) is 2.44. The molecule has 5 heteroatoms. The van der Waals surface area contributed by atoms with E-state index in [1.807, 2.05) is 6.07 Å². The maximum absolute atomic E-state index is 11.9. The molecular formula is C15H26N4O. The van der Waals surface area contributed by atoms with E-state index in [9.17, 15) is 4.79 Å². The van der Waals surface area contributed by atoms with E-state index in [2.05, 4.69) is 36.0 Å². The highest BCUT2D eigenvalue weighted by molar-refractivity contribution is 5.92. The Kier molecular flexibility index (Phi) is 6.45. The molecule has 0 fully saturated rings. The van der Waals surface area contributed by atoms with E-state index in [4.69, 9.17) is 0 Å². The highest BCUT2D eigenvalue weighted by Crippen LogP contribution is 2.11. The molecule has 0 spiro atoms. The van der Waals surface area contributed by atoms with Gasteiger partial charge in [0.1, 0.15) is 5.69 Å². The van der Waals surface area contributed by atoms with Gasteiger partial charge in [-0.05, 0) is 32.1 Å². The number of nitrogens with one attached hydrogen (secondary N) is 1. The van der Waals surface area contributed by atoms with E-state index in [0.29, 0.717) is 11.7 Å². The molecule has 0 radical (unpaired) electrons. The third kappa shape index (κ3) is 4.81. The summed E-state index contributed by atoms with van der Waals surface area (Å²) in [4.78, 5) is 19.9. The number of pyridine rings is 1. The fraction of sp³-hybridized carbons (Fsp3) is 0.600. The van der Waals surface area contributed by atoms with Gasteiger partial charge in [-0.15, -0.1) is 0 Å². The summed E-state index contributed by atoms with van der Waals surface area (Å²) >= 11 is 0. The van der Waals surface area contributed by atoms with Crippen molar-refractivity contribution in [3.8, 4) is 0 Å². The zero-order valence-electron chi connectivity index (χ0n) is 13.2. The Morgan fingerprint density at radius 1 is 1.35 bits per heavy atom. The van der Waals surface area contributed by atoms with Gasteiger partial charge in [-0.25, -0.2) is 0 Å². The first kappa shape index (κ1) is 16.4. The van der Waals surface area contributed by atoms with Crippen LogP contribution in [0.15, 0.2) is 18.3 Å². The molecule has 0 saturated heterocycles. The first-order chi connectivity index (χ1) is 9.47. The van der Waals surface area contributed by atoms with Gasteiger partial charge in [-0.1, -0.05) is 13.8 Å². The zero-order chi connectivity index (χ0) is 15.1. The van der Waals surface area contributed by atoms with E-state index < -0.39 is 0 Å². The van der Waals surface area contributed by atoms with Crippen molar-refractivity contribution in [3.05, 3.63) is 24.0 Å². The summed E-state index contributed by atoms with van der Waals surface area (Å²) in [5.41, 5.74) is 1.40. The standard InChI is InChI=1S/C15H26N4O/c1-6-19(7-2)11-12(3)17-13-8-9-16-14(10-13)15(20)18(4)5/h8-10,12H,6-7,11H2,1-5H3,(H,16,17). The summed E-state index contributed by atoms with van der Waals surface area (Å²) in [7, 11) is 3.46. The fourth-order valence-electron chi connectivity index (χ4n) is 2.07. The third-order valence-corrected chi connectivity index (χ3v) is 3.22. The molecule has 1 aromatic heterocycles. The van der Waals surface area contributed by atoms with Gasteiger partial charge >= 0.3 is 0 Å². The second kappa shape index (κ2) is 7.85. The van der Waals surface area contributed by atoms with Crippen LogP contribution >= 0.6 is 0 Å². The molecule has 1 aromatic rings. The summed E-state index contributed by atoms with van der Waals surface area (Å²) in [6.07, 6.45) is 1.67.